The number of nitrogen functional groups attached to an aromatic ring is 1. The predicted octanol–water partition coefficient (Wildman–Crippen LogP) is 2.78. The van der Waals surface area contributed by atoms with Crippen LogP contribution in [0.4, 0.5) is 5.82 Å². The van der Waals surface area contributed by atoms with Gasteiger partial charge in [-0.1, -0.05) is 6.92 Å². The van der Waals surface area contributed by atoms with Crippen LogP contribution in [0.15, 0.2) is 23.1 Å². The summed E-state index contributed by atoms with van der Waals surface area (Å²) < 4.78 is 2.44. The van der Waals surface area contributed by atoms with E-state index in [0.29, 0.717) is 5.82 Å². The highest BCUT2D eigenvalue weighted by Gasteiger charge is 2.12. The molecule has 92 valence electrons. The summed E-state index contributed by atoms with van der Waals surface area (Å²) in [6.07, 6.45) is 4.35. The van der Waals surface area contributed by atoms with E-state index in [1.807, 2.05) is 0 Å². The molecule has 0 fully saturated rings. The summed E-state index contributed by atoms with van der Waals surface area (Å²) >= 11 is 5.03. The number of halogens is 1. The van der Waals surface area contributed by atoms with Crippen molar-refractivity contribution in [3.8, 4) is 5.82 Å². The van der Waals surface area contributed by atoms with Crippen LogP contribution in [0.3, 0.4) is 0 Å². The van der Waals surface area contributed by atoms with Crippen molar-refractivity contribution in [3.05, 3.63) is 27.9 Å². The second-order valence-corrected chi connectivity index (χ2v) is 5.76. The molecule has 5 nitrogen and oxygen atoms in total. The van der Waals surface area contributed by atoms with Crippen LogP contribution in [0.1, 0.15) is 11.8 Å². The molecule has 0 saturated heterocycles. The molecule has 0 bridgehead atoms. The zero-order chi connectivity index (χ0) is 12.7. The van der Waals surface area contributed by atoms with Crippen LogP contribution in [-0.2, 0) is 6.42 Å². The van der Waals surface area contributed by atoms with E-state index < -0.39 is 0 Å². The molecule has 0 aliphatic heterocycles. The van der Waals surface area contributed by atoms with Gasteiger partial charge in [-0.2, -0.15) is 0 Å². The molecule has 0 aliphatic carbocycles. The van der Waals surface area contributed by atoms with Crippen LogP contribution in [0.25, 0.3) is 16.0 Å². The number of rotatable bonds is 2. The number of hydrogen-bond acceptors (Lipinski definition) is 5. The molecule has 3 heterocycles. The van der Waals surface area contributed by atoms with Crippen LogP contribution in [0.5, 0.6) is 0 Å². The fourth-order valence-corrected chi connectivity index (χ4v) is 2.93. The lowest BCUT2D eigenvalue weighted by molar-refractivity contribution is 0.856. The number of fused-ring (bicyclic) bond motifs is 1. The van der Waals surface area contributed by atoms with E-state index in [0.717, 1.165) is 26.9 Å². The maximum Gasteiger partial charge on any atom is 0.165 e. The number of aromatic nitrogens is 4. The van der Waals surface area contributed by atoms with E-state index in [1.54, 1.807) is 28.5 Å². The Morgan fingerprint density at radius 2 is 2.28 bits per heavy atom. The lowest BCUT2D eigenvalue weighted by Gasteiger charge is -2.00. The van der Waals surface area contributed by atoms with Gasteiger partial charge in [-0.05, 0) is 28.4 Å². The molecule has 2 N–H and O–H groups in total. The topological polar surface area (TPSA) is 69.6 Å². The average molecular weight is 324 g/mol. The fraction of sp³-hybridized carbons (Fsp3) is 0.182. The predicted molar refractivity (Wildman–Crippen MR) is 76.0 cm³/mol. The Bertz CT molecular complexity index is 698. The normalized spacial score (nSPS) is 11.2. The van der Waals surface area contributed by atoms with Crippen LogP contribution < -0.4 is 5.73 Å². The van der Waals surface area contributed by atoms with Crippen LogP contribution in [0.2, 0.25) is 0 Å². The number of nitrogens with two attached hydrogens (primary N) is 1. The van der Waals surface area contributed by atoms with Gasteiger partial charge >= 0.3 is 0 Å². The van der Waals surface area contributed by atoms with Crippen LogP contribution in [-0.4, -0.2) is 19.7 Å². The zero-order valence-corrected chi connectivity index (χ0v) is 12.0. The largest absolute Gasteiger partial charge is 0.381 e. The van der Waals surface area contributed by atoms with Crippen molar-refractivity contribution < 1.29 is 0 Å². The third-order valence-electron chi connectivity index (χ3n) is 2.62. The first-order valence-electron chi connectivity index (χ1n) is 5.43. The first-order valence-corrected chi connectivity index (χ1v) is 7.04. The van der Waals surface area contributed by atoms with Crippen molar-refractivity contribution in [3.63, 3.8) is 0 Å². The highest BCUT2D eigenvalue weighted by Crippen LogP contribution is 2.28. The number of thiophene rings is 1. The minimum atomic E-state index is 0.452. The van der Waals surface area contributed by atoms with Gasteiger partial charge in [-0.15, -0.1) is 16.4 Å². The quantitative estimate of drug-likeness (QED) is 0.787. The second-order valence-electron chi connectivity index (χ2n) is 3.79. The van der Waals surface area contributed by atoms with Crippen molar-refractivity contribution in [2.75, 3.05) is 5.73 Å². The molecule has 3 aromatic rings. The van der Waals surface area contributed by atoms with Gasteiger partial charge < -0.3 is 5.73 Å². The van der Waals surface area contributed by atoms with Crippen molar-refractivity contribution in [1.82, 2.24) is 19.7 Å². The Hall–Kier alpha value is -1.47. The summed E-state index contributed by atoms with van der Waals surface area (Å²) in [5.74, 6) is 1.21. The molecule has 0 unspecified atom stereocenters. The van der Waals surface area contributed by atoms with Crippen LogP contribution >= 0.6 is 27.3 Å². The molecule has 18 heavy (non-hydrogen) atoms. The smallest absolute Gasteiger partial charge is 0.165 e. The van der Waals surface area contributed by atoms with Gasteiger partial charge in [0.25, 0.3) is 0 Å². The Morgan fingerprint density at radius 3 is 2.94 bits per heavy atom. The van der Waals surface area contributed by atoms with E-state index in [4.69, 9.17) is 5.73 Å². The van der Waals surface area contributed by atoms with Gasteiger partial charge in [0.1, 0.15) is 11.2 Å². The van der Waals surface area contributed by atoms with Crippen molar-refractivity contribution >= 4 is 43.3 Å². The highest BCUT2D eigenvalue weighted by molar-refractivity contribution is 9.10. The van der Waals surface area contributed by atoms with Gasteiger partial charge in [0.05, 0.1) is 9.86 Å². The Kier molecular flexibility index (Phi) is 2.79. The second kappa shape index (κ2) is 4.33. The summed E-state index contributed by atoms with van der Waals surface area (Å²) in [6.45, 7) is 2.13. The Balaban J connectivity index is 2.25. The molecule has 3 rings (SSSR count). The fourth-order valence-electron chi connectivity index (χ4n) is 1.72. The van der Waals surface area contributed by atoms with Gasteiger partial charge in [0.15, 0.2) is 11.6 Å². The molecule has 0 radical (unpaired) electrons. The first-order chi connectivity index (χ1) is 8.69. The van der Waals surface area contributed by atoms with E-state index >= 15 is 0 Å². The molecule has 0 atom stereocenters. The Morgan fingerprint density at radius 1 is 1.44 bits per heavy atom. The van der Waals surface area contributed by atoms with Gasteiger partial charge in [0.2, 0.25) is 0 Å². The SMILES string of the molecule is CCc1cc2c(-n3cc(Br)c(N)n3)ncnc2s1. The lowest BCUT2D eigenvalue weighted by atomic mass is 10.3. The molecule has 0 aliphatic rings. The van der Waals surface area contributed by atoms with Crippen molar-refractivity contribution in [2.45, 2.75) is 13.3 Å². The molecule has 0 amide bonds. The van der Waals surface area contributed by atoms with Gasteiger partial charge in [-0.3, -0.25) is 0 Å². The summed E-state index contributed by atoms with van der Waals surface area (Å²) in [4.78, 5) is 10.8. The van der Waals surface area contributed by atoms with Crippen LogP contribution in [0, 0.1) is 0 Å². The summed E-state index contributed by atoms with van der Waals surface area (Å²) in [7, 11) is 0. The van der Waals surface area contributed by atoms with Gasteiger partial charge in [-0.25, -0.2) is 14.6 Å². The maximum absolute atomic E-state index is 5.73. The van der Waals surface area contributed by atoms with Crippen molar-refractivity contribution in [2.24, 2.45) is 0 Å². The van der Waals surface area contributed by atoms with Crippen molar-refractivity contribution in [1.29, 1.82) is 0 Å². The summed E-state index contributed by atoms with van der Waals surface area (Å²) in [5.41, 5.74) is 5.73. The number of nitrogens with zero attached hydrogens (tertiary/aromatic N) is 4. The maximum atomic E-state index is 5.73. The average Bonchev–Trinajstić information content (AvgIpc) is 2.93. The monoisotopic (exact) mass is 323 g/mol. The Labute approximate surface area is 116 Å². The molecule has 0 aromatic carbocycles. The third kappa shape index (κ3) is 1.79. The summed E-state index contributed by atoms with van der Waals surface area (Å²) in [6, 6.07) is 2.11. The van der Waals surface area contributed by atoms with E-state index in [9.17, 15) is 0 Å². The molecular weight excluding hydrogens is 314 g/mol. The zero-order valence-electron chi connectivity index (χ0n) is 9.59. The number of hydrogen-bond donors (Lipinski definition) is 1. The third-order valence-corrected chi connectivity index (χ3v) is 4.42. The summed E-state index contributed by atoms with van der Waals surface area (Å²) in [5, 5.41) is 5.24. The molecule has 3 aromatic heterocycles. The van der Waals surface area contributed by atoms with E-state index in [2.05, 4.69) is 44.0 Å². The van der Waals surface area contributed by atoms with E-state index in [-0.39, 0.29) is 0 Å². The molecule has 7 heteroatoms. The van der Waals surface area contributed by atoms with Gasteiger partial charge in [0, 0.05) is 11.1 Å². The standard InChI is InChI=1S/C11H10BrN5S/c1-2-6-3-7-10(14-5-15-11(7)18-6)17-4-8(12)9(13)16-17/h3-5H,2H2,1H3,(H2,13,16). The van der Waals surface area contributed by atoms with E-state index in [1.165, 1.54) is 4.88 Å². The molecular formula is C11H10BrN5S. The number of anilines is 1. The number of aryl methyl sites for hydroxylation is 1. The minimum Gasteiger partial charge on any atom is -0.381 e. The lowest BCUT2D eigenvalue weighted by Crippen LogP contribution is -2.00. The molecule has 0 saturated carbocycles. The molecule has 0 spiro atoms. The first kappa shape index (κ1) is 11.6. The highest BCUT2D eigenvalue weighted by atomic mass is 79.9. The minimum absolute atomic E-state index is 0.452.